The van der Waals surface area contributed by atoms with Crippen molar-refractivity contribution in [3.63, 3.8) is 0 Å². The molecule has 6 nitrogen and oxygen atoms in total. The van der Waals surface area contributed by atoms with E-state index in [1.54, 1.807) is 30.6 Å². The number of carbonyl (C=O) groups excluding carboxylic acids is 1. The van der Waals surface area contributed by atoms with Crippen LogP contribution < -0.4 is 4.90 Å². The van der Waals surface area contributed by atoms with Crippen molar-refractivity contribution in [1.82, 2.24) is 14.9 Å². The molecule has 27 heavy (non-hydrogen) atoms. The SMILES string of the molecule is CCN(C(=O)C1CCCN(c2ncccn2)C1)C(C)c1ccc(C#N)cc1. The Bertz CT molecular complexity index is 800. The number of carbonyl (C=O) groups is 1. The number of nitrogens with zero attached hydrogens (tertiary/aromatic N) is 5. The quantitative estimate of drug-likeness (QED) is 0.816. The molecule has 0 N–H and O–H groups in total. The molecule has 1 amide bonds. The number of hydrogen-bond donors (Lipinski definition) is 0. The minimum atomic E-state index is -0.0525. The Hall–Kier alpha value is -2.94. The maximum Gasteiger partial charge on any atom is 0.227 e. The smallest absolute Gasteiger partial charge is 0.227 e. The van der Waals surface area contributed by atoms with Crippen molar-refractivity contribution in [3.8, 4) is 6.07 Å². The standard InChI is InChI=1S/C21H25N5O/c1-3-26(16(2)18-9-7-17(14-22)8-10-18)20(27)19-6-4-13-25(15-19)21-23-11-5-12-24-21/h5,7-12,16,19H,3-4,6,13,15H2,1-2H3. The lowest BCUT2D eigenvalue weighted by molar-refractivity contribution is -0.137. The topological polar surface area (TPSA) is 73.1 Å². The van der Waals surface area contributed by atoms with E-state index in [2.05, 4.69) is 20.9 Å². The number of nitriles is 1. The molecule has 0 aliphatic carbocycles. The molecule has 0 spiro atoms. The van der Waals surface area contributed by atoms with Gasteiger partial charge in [-0.25, -0.2) is 9.97 Å². The van der Waals surface area contributed by atoms with E-state index in [1.165, 1.54) is 0 Å². The molecule has 2 heterocycles. The van der Waals surface area contributed by atoms with Crippen molar-refractivity contribution in [2.75, 3.05) is 24.5 Å². The van der Waals surface area contributed by atoms with E-state index >= 15 is 0 Å². The van der Waals surface area contributed by atoms with E-state index in [4.69, 9.17) is 5.26 Å². The number of amides is 1. The normalized spacial score (nSPS) is 17.8. The number of aromatic nitrogens is 2. The van der Waals surface area contributed by atoms with Crippen molar-refractivity contribution in [1.29, 1.82) is 5.26 Å². The summed E-state index contributed by atoms with van der Waals surface area (Å²) in [6, 6.07) is 11.4. The van der Waals surface area contributed by atoms with Crippen molar-refractivity contribution < 1.29 is 4.79 Å². The van der Waals surface area contributed by atoms with Crippen LogP contribution in [0.3, 0.4) is 0 Å². The van der Waals surface area contributed by atoms with Gasteiger partial charge >= 0.3 is 0 Å². The third-order valence-corrected chi connectivity index (χ3v) is 5.22. The summed E-state index contributed by atoms with van der Waals surface area (Å²) in [6.07, 6.45) is 5.31. The summed E-state index contributed by atoms with van der Waals surface area (Å²) in [7, 11) is 0. The minimum Gasteiger partial charge on any atom is -0.340 e. The third-order valence-electron chi connectivity index (χ3n) is 5.22. The molecule has 1 aliphatic heterocycles. The van der Waals surface area contributed by atoms with Gasteiger partial charge in [-0.15, -0.1) is 0 Å². The summed E-state index contributed by atoms with van der Waals surface area (Å²) in [5.74, 6) is 0.816. The molecule has 2 unspecified atom stereocenters. The Morgan fingerprint density at radius 3 is 2.67 bits per heavy atom. The van der Waals surface area contributed by atoms with Gasteiger partial charge in [-0.05, 0) is 50.5 Å². The first-order chi connectivity index (χ1) is 13.1. The number of benzene rings is 1. The zero-order chi connectivity index (χ0) is 19.2. The van der Waals surface area contributed by atoms with Crippen LogP contribution in [0.1, 0.15) is 43.9 Å². The van der Waals surface area contributed by atoms with Gasteiger partial charge in [0, 0.05) is 32.0 Å². The van der Waals surface area contributed by atoms with Crippen LogP contribution in [0.2, 0.25) is 0 Å². The molecule has 1 fully saturated rings. The maximum atomic E-state index is 13.3. The maximum absolute atomic E-state index is 13.3. The van der Waals surface area contributed by atoms with Gasteiger partial charge in [0.2, 0.25) is 11.9 Å². The van der Waals surface area contributed by atoms with E-state index in [-0.39, 0.29) is 17.9 Å². The number of hydrogen-bond acceptors (Lipinski definition) is 5. The van der Waals surface area contributed by atoms with Crippen molar-refractivity contribution in [2.45, 2.75) is 32.7 Å². The third kappa shape index (κ3) is 4.25. The lowest BCUT2D eigenvalue weighted by Gasteiger charge is -2.37. The Labute approximate surface area is 160 Å². The monoisotopic (exact) mass is 363 g/mol. The van der Waals surface area contributed by atoms with E-state index in [9.17, 15) is 4.79 Å². The first kappa shape index (κ1) is 18.8. The van der Waals surface area contributed by atoms with Crippen molar-refractivity contribution in [2.24, 2.45) is 5.92 Å². The fourth-order valence-corrected chi connectivity index (χ4v) is 3.69. The van der Waals surface area contributed by atoms with Crippen LogP contribution in [0, 0.1) is 17.2 Å². The van der Waals surface area contributed by atoms with Gasteiger partial charge in [-0.3, -0.25) is 4.79 Å². The van der Waals surface area contributed by atoms with Crippen LogP contribution in [0.25, 0.3) is 0 Å². The lowest BCUT2D eigenvalue weighted by atomic mass is 9.95. The average molecular weight is 363 g/mol. The summed E-state index contributed by atoms with van der Waals surface area (Å²) in [5, 5.41) is 8.97. The molecule has 0 radical (unpaired) electrons. The predicted molar refractivity (Wildman–Crippen MR) is 104 cm³/mol. The van der Waals surface area contributed by atoms with Gasteiger partial charge in [0.05, 0.1) is 23.6 Å². The van der Waals surface area contributed by atoms with Crippen LogP contribution in [0.4, 0.5) is 5.95 Å². The lowest BCUT2D eigenvalue weighted by Crippen LogP contribution is -2.46. The van der Waals surface area contributed by atoms with Crippen LogP contribution in [-0.4, -0.2) is 40.4 Å². The summed E-state index contributed by atoms with van der Waals surface area (Å²) in [6.45, 7) is 6.24. The second-order valence-corrected chi connectivity index (χ2v) is 6.87. The Balaban J connectivity index is 1.72. The summed E-state index contributed by atoms with van der Waals surface area (Å²) in [5.41, 5.74) is 1.68. The molecule has 1 saturated heterocycles. The van der Waals surface area contributed by atoms with E-state index in [1.807, 2.05) is 30.9 Å². The first-order valence-corrected chi connectivity index (χ1v) is 9.46. The summed E-state index contributed by atoms with van der Waals surface area (Å²) < 4.78 is 0. The summed E-state index contributed by atoms with van der Waals surface area (Å²) >= 11 is 0. The molecule has 1 aromatic carbocycles. The average Bonchev–Trinajstić information content (AvgIpc) is 2.75. The highest BCUT2D eigenvalue weighted by Crippen LogP contribution is 2.27. The highest BCUT2D eigenvalue weighted by molar-refractivity contribution is 5.80. The van der Waals surface area contributed by atoms with Crippen molar-refractivity contribution >= 4 is 11.9 Å². The number of piperidine rings is 1. The van der Waals surface area contributed by atoms with Gasteiger partial charge in [0.15, 0.2) is 0 Å². The zero-order valence-corrected chi connectivity index (χ0v) is 15.9. The Kier molecular flexibility index (Phi) is 6.02. The molecule has 2 atom stereocenters. The number of rotatable bonds is 5. The highest BCUT2D eigenvalue weighted by Gasteiger charge is 2.31. The van der Waals surface area contributed by atoms with Crippen LogP contribution in [0.15, 0.2) is 42.7 Å². The molecular weight excluding hydrogens is 338 g/mol. The van der Waals surface area contributed by atoms with Crippen LogP contribution >= 0.6 is 0 Å². The van der Waals surface area contributed by atoms with E-state index < -0.39 is 0 Å². The van der Waals surface area contributed by atoms with Gasteiger partial charge < -0.3 is 9.80 Å². The van der Waals surface area contributed by atoms with E-state index in [0.29, 0.717) is 24.6 Å². The highest BCUT2D eigenvalue weighted by atomic mass is 16.2. The molecule has 2 aromatic rings. The molecule has 6 heteroatoms. The second-order valence-electron chi connectivity index (χ2n) is 6.87. The molecular formula is C21H25N5O. The zero-order valence-electron chi connectivity index (χ0n) is 15.9. The second kappa shape index (κ2) is 8.63. The molecule has 140 valence electrons. The Morgan fingerprint density at radius 1 is 1.33 bits per heavy atom. The van der Waals surface area contributed by atoms with Gasteiger partial charge in [0.1, 0.15) is 0 Å². The molecule has 0 bridgehead atoms. The first-order valence-electron chi connectivity index (χ1n) is 9.46. The predicted octanol–water partition coefficient (Wildman–Crippen LogP) is 3.17. The largest absolute Gasteiger partial charge is 0.340 e. The fourth-order valence-electron chi connectivity index (χ4n) is 3.69. The van der Waals surface area contributed by atoms with Crippen molar-refractivity contribution in [3.05, 3.63) is 53.9 Å². The van der Waals surface area contributed by atoms with Crippen LogP contribution in [-0.2, 0) is 4.79 Å². The molecule has 0 saturated carbocycles. The fraction of sp³-hybridized carbons (Fsp3) is 0.429. The molecule has 1 aromatic heterocycles. The minimum absolute atomic E-state index is 0.0291. The number of anilines is 1. The van der Waals surface area contributed by atoms with Crippen LogP contribution in [0.5, 0.6) is 0 Å². The van der Waals surface area contributed by atoms with E-state index in [0.717, 1.165) is 24.9 Å². The Morgan fingerprint density at radius 2 is 2.04 bits per heavy atom. The summed E-state index contributed by atoms with van der Waals surface area (Å²) in [4.78, 5) is 25.9. The van der Waals surface area contributed by atoms with Gasteiger partial charge in [-0.1, -0.05) is 12.1 Å². The van der Waals surface area contributed by atoms with Gasteiger partial charge in [0.25, 0.3) is 0 Å². The molecule has 3 rings (SSSR count). The molecule has 1 aliphatic rings. The van der Waals surface area contributed by atoms with Gasteiger partial charge in [-0.2, -0.15) is 5.26 Å².